The van der Waals surface area contributed by atoms with Gasteiger partial charge >= 0.3 is 0 Å². The minimum absolute atomic E-state index is 0.00491. The van der Waals surface area contributed by atoms with Gasteiger partial charge in [0.25, 0.3) is 10.0 Å². The van der Waals surface area contributed by atoms with Crippen LogP contribution in [-0.2, 0) is 17.1 Å². The van der Waals surface area contributed by atoms with E-state index in [9.17, 15) is 8.42 Å². The SMILES string of the molecule is Cc1cc(C)n(-c2cc(NCCNS(=O)(=O)c3cn(C)cn3)nc(C)n2)n1. The fourth-order valence-electron chi connectivity index (χ4n) is 2.59. The van der Waals surface area contributed by atoms with Crippen LogP contribution in [0.3, 0.4) is 0 Å². The van der Waals surface area contributed by atoms with Crippen LogP contribution in [0.1, 0.15) is 17.2 Å². The van der Waals surface area contributed by atoms with Gasteiger partial charge in [-0.25, -0.2) is 32.8 Å². The lowest BCUT2D eigenvalue weighted by atomic mass is 10.4. The van der Waals surface area contributed by atoms with Crippen LogP contribution < -0.4 is 10.0 Å². The van der Waals surface area contributed by atoms with Crippen molar-refractivity contribution in [3.05, 3.63) is 41.9 Å². The van der Waals surface area contributed by atoms with E-state index in [1.807, 2.05) is 19.9 Å². The maximum Gasteiger partial charge on any atom is 0.259 e. The summed E-state index contributed by atoms with van der Waals surface area (Å²) in [6, 6.07) is 3.75. The number of aromatic nitrogens is 6. The minimum atomic E-state index is -3.62. The monoisotopic (exact) mass is 390 g/mol. The summed E-state index contributed by atoms with van der Waals surface area (Å²) in [5.74, 6) is 1.85. The zero-order valence-electron chi connectivity index (χ0n) is 15.6. The third-order valence-electron chi connectivity index (χ3n) is 3.73. The molecule has 2 N–H and O–H groups in total. The van der Waals surface area contributed by atoms with Crippen molar-refractivity contribution in [1.29, 1.82) is 0 Å². The first-order chi connectivity index (χ1) is 12.7. The van der Waals surface area contributed by atoms with Crippen LogP contribution in [0.2, 0.25) is 0 Å². The molecule has 0 aliphatic carbocycles. The summed E-state index contributed by atoms with van der Waals surface area (Å²) in [7, 11) is -1.91. The van der Waals surface area contributed by atoms with E-state index >= 15 is 0 Å². The van der Waals surface area contributed by atoms with Crippen LogP contribution in [0.4, 0.5) is 5.82 Å². The van der Waals surface area contributed by atoms with Crippen molar-refractivity contribution in [3.63, 3.8) is 0 Å². The molecule has 3 aromatic heterocycles. The van der Waals surface area contributed by atoms with Crippen molar-refractivity contribution in [2.75, 3.05) is 18.4 Å². The molecule has 0 unspecified atom stereocenters. The number of nitrogens with zero attached hydrogens (tertiary/aromatic N) is 6. The van der Waals surface area contributed by atoms with Gasteiger partial charge in [-0.1, -0.05) is 0 Å². The van der Waals surface area contributed by atoms with E-state index in [1.54, 1.807) is 29.3 Å². The number of anilines is 1. The molecule has 0 aliphatic heterocycles. The molecule has 3 heterocycles. The van der Waals surface area contributed by atoms with Gasteiger partial charge in [0.05, 0.1) is 12.0 Å². The number of aryl methyl sites for hydroxylation is 4. The predicted molar refractivity (Wildman–Crippen MR) is 100 cm³/mol. The first-order valence-electron chi connectivity index (χ1n) is 8.35. The van der Waals surface area contributed by atoms with Gasteiger partial charge in [-0.15, -0.1) is 0 Å². The highest BCUT2D eigenvalue weighted by Gasteiger charge is 2.16. The van der Waals surface area contributed by atoms with Crippen LogP contribution in [0.25, 0.3) is 5.82 Å². The molecule has 3 rings (SSSR count). The van der Waals surface area contributed by atoms with E-state index in [0.717, 1.165) is 11.4 Å². The Labute approximate surface area is 157 Å². The number of rotatable bonds is 7. The van der Waals surface area contributed by atoms with E-state index < -0.39 is 10.0 Å². The molecule has 0 saturated carbocycles. The maximum absolute atomic E-state index is 12.1. The van der Waals surface area contributed by atoms with Crippen molar-refractivity contribution >= 4 is 15.8 Å². The molecule has 0 amide bonds. The molecule has 3 aromatic rings. The van der Waals surface area contributed by atoms with E-state index in [-0.39, 0.29) is 11.6 Å². The smallest absolute Gasteiger partial charge is 0.259 e. The zero-order chi connectivity index (χ0) is 19.6. The van der Waals surface area contributed by atoms with Crippen molar-refractivity contribution in [1.82, 2.24) is 34.0 Å². The van der Waals surface area contributed by atoms with E-state index in [1.165, 1.54) is 12.5 Å². The van der Waals surface area contributed by atoms with Crippen LogP contribution >= 0.6 is 0 Å². The summed E-state index contributed by atoms with van der Waals surface area (Å²) in [4.78, 5) is 12.6. The van der Waals surface area contributed by atoms with Gasteiger partial charge in [0, 0.05) is 38.1 Å². The third-order valence-corrected chi connectivity index (χ3v) is 5.08. The highest BCUT2D eigenvalue weighted by atomic mass is 32.2. The fraction of sp³-hybridized carbons (Fsp3) is 0.375. The van der Waals surface area contributed by atoms with Gasteiger partial charge in [-0.3, -0.25) is 0 Å². The Morgan fingerprint density at radius 2 is 1.89 bits per heavy atom. The second-order valence-electron chi connectivity index (χ2n) is 6.20. The molecule has 0 radical (unpaired) electrons. The van der Waals surface area contributed by atoms with Gasteiger partial charge in [0.2, 0.25) is 0 Å². The van der Waals surface area contributed by atoms with Gasteiger partial charge in [-0.2, -0.15) is 5.10 Å². The molecule has 0 bridgehead atoms. The Morgan fingerprint density at radius 1 is 1.11 bits per heavy atom. The standard InChI is InChI=1S/C16H22N8O2S/c1-11-7-12(2)24(22-11)15-8-14(20-13(3)21-15)17-5-6-19-27(25,26)16-9-23(4)10-18-16/h7-10,19H,5-6H2,1-4H3,(H,17,20,21). The molecule has 27 heavy (non-hydrogen) atoms. The fourth-order valence-corrected chi connectivity index (χ4v) is 3.60. The average molecular weight is 390 g/mol. The van der Waals surface area contributed by atoms with Crippen molar-refractivity contribution in [2.45, 2.75) is 25.8 Å². The van der Waals surface area contributed by atoms with E-state index in [0.29, 0.717) is 24.0 Å². The first-order valence-corrected chi connectivity index (χ1v) is 9.84. The molecule has 0 fully saturated rings. The summed E-state index contributed by atoms with van der Waals surface area (Å²) in [5, 5.41) is 7.53. The van der Waals surface area contributed by atoms with Gasteiger partial charge in [-0.05, 0) is 26.8 Å². The summed E-state index contributed by atoms with van der Waals surface area (Å²) in [6.45, 7) is 6.22. The van der Waals surface area contributed by atoms with Crippen LogP contribution in [0.15, 0.2) is 29.7 Å². The van der Waals surface area contributed by atoms with Crippen molar-refractivity contribution in [3.8, 4) is 5.82 Å². The summed E-state index contributed by atoms with van der Waals surface area (Å²) in [5.41, 5.74) is 1.88. The van der Waals surface area contributed by atoms with E-state index in [2.05, 4.69) is 30.1 Å². The van der Waals surface area contributed by atoms with Gasteiger partial charge in [0.15, 0.2) is 10.8 Å². The van der Waals surface area contributed by atoms with Gasteiger partial charge < -0.3 is 9.88 Å². The predicted octanol–water partition coefficient (Wildman–Crippen LogP) is 0.711. The maximum atomic E-state index is 12.1. The molecule has 144 valence electrons. The lowest BCUT2D eigenvalue weighted by molar-refractivity contribution is 0.579. The van der Waals surface area contributed by atoms with Crippen LogP contribution in [-0.4, -0.2) is 50.8 Å². The number of imidazole rings is 1. The molecular formula is C16H22N8O2S. The Kier molecular flexibility index (Phi) is 5.24. The second kappa shape index (κ2) is 7.45. The van der Waals surface area contributed by atoms with Crippen LogP contribution in [0, 0.1) is 20.8 Å². The molecule has 0 saturated heterocycles. The lowest BCUT2D eigenvalue weighted by Gasteiger charge is -2.10. The highest BCUT2D eigenvalue weighted by molar-refractivity contribution is 7.89. The second-order valence-corrected chi connectivity index (χ2v) is 7.91. The van der Waals surface area contributed by atoms with Crippen LogP contribution in [0.5, 0.6) is 0 Å². The molecule has 11 heteroatoms. The molecule has 0 spiro atoms. The Morgan fingerprint density at radius 3 is 2.52 bits per heavy atom. The molecular weight excluding hydrogens is 368 g/mol. The number of hydrogen-bond donors (Lipinski definition) is 2. The van der Waals surface area contributed by atoms with Crippen molar-refractivity contribution < 1.29 is 8.42 Å². The summed E-state index contributed by atoms with van der Waals surface area (Å²) in [6.07, 6.45) is 2.89. The molecule has 0 aliphatic rings. The Hall–Kier alpha value is -2.79. The topological polar surface area (TPSA) is 120 Å². The normalized spacial score (nSPS) is 11.7. The van der Waals surface area contributed by atoms with E-state index in [4.69, 9.17) is 0 Å². The van der Waals surface area contributed by atoms with Crippen molar-refractivity contribution in [2.24, 2.45) is 7.05 Å². The molecule has 0 aromatic carbocycles. The average Bonchev–Trinajstić information content (AvgIpc) is 3.17. The third kappa shape index (κ3) is 4.49. The number of hydrogen-bond acceptors (Lipinski definition) is 7. The molecule has 10 nitrogen and oxygen atoms in total. The molecule has 0 atom stereocenters. The number of sulfonamides is 1. The summed E-state index contributed by atoms with van der Waals surface area (Å²) >= 11 is 0. The summed E-state index contributed by atoms with van der Waals surface area (Å²) < 4.78 is 30.1. The lowest BCUT2D eigenvalue weighted by Crippen LogP contribution is -2.29. The highest BCUT2D eigenvalue weighted by Crippen LogP contribution is 2.13. The zero-order valence-corrected chi connectivity index (χ0v) is 16.4. The minimum Gasteiger partial charge on any atom is -0.369 e. The quantitative estimate of drug-likeness (QED) is 0.570. The number of nitrogens with one attached hydrogen (secondary N) is 2. The Bertz CT molecular complexity index is 1050. The first kappa shape index (κ1) is 19.0. The largest absolute Gasteiger partial charge is 0.369 e. The Balaban J connectivity index is 1.64. The van der Waals surface area contributed by atoms with Gasteiger partial charge in [0.1, 0.15) is 11.6 Å².